The molecule has 106 valence electrons. The Morgan fingerprint density at radius 2 is 2.05 bits per heavy atom. The maximum absolute atomic E-state index is 12.0. The molecule has 0 saturated carbocycles. The summed E-state index contributed by atoms with van der Waals surface area (Å²) in [5.74, 6) is 1.13. The van der Waals surface area contributed by atoms with Gasteiger partial charge in [-0.1, -0.05) is 18.2 Å². The van der Waals surface area contributed by atoms with E-state index in [0.717, 1.165) is 17.7 Å². The number of methoxy groups -OCH3 is 1. The lowest BCUT2D eigenvalue weighted by atomic mass is 9.94. The van der Waals surface area contributed by atoms with Crippen molar-refractivity contribution in [1.82, 2.24) is 5.32 Å². The molecule has 19 heavy (non-hydrogen) atoms. The van der Waals surface area contributed by atoms with E-state index in [1.165, 1.54) is 0 Å². The molecule has 1 unspecified atom stereocenters. The average molecular weight is 284 g/mol. The van der Waals surface area contributed by atoms with Crippen molar-refractivity contribution in [2.24, 2.45) is 5.41 Å². The van der Waals surface area contributed by atoms with Gasteiger partial charge < -0.3 is 10.1 Å². The quantitative estimate of drug-likeness (QED) is 0.815. The zero-order valence-electron chi connectivity index (χ0n) is 12.0. The van der Waals surface area contributed by atoms with E-state index in [9.17, 15) is 4.79 Å². The number of alkyl halides is 1. The van der Waals surface area contributed by atoms with Gasteiger partial charge in [-0.05, 0) is 38.8 Å². The van der Waals surface area contributed by atoms with Gasteiger partial charge in [0, 0.05) is 11.9 Å². The van der Waals surface area contributed by atoms with Crippen molar-refractivity contribution in [3.8, 4) is 5.75 Å². The number of benzene rings is 1. The van der Waals surface area contributed by atoms with E-state index in [4.69, 9.17) is 16.3 Å². The van der Waals surface area contributed by atoms with Gasteiger partial charge in [-0.15, -0.1) is 11.6 Å². The van der Waals surface area contributed by atoms with E-state index in [-0.39, 0.29) is 11.9 Å². The number of halogens is 1. The molecule has 0 saturated heterocycles. The summed E-state index contributed by atoms with van der Waals surface area (Å²) in [6.07, 6.45) is 0.730. The minimum Gasteiger partial charge on any atom is -0.496 e. The highest BCUT2D eigenvalue weighted by Crippen LogP contribution is 2.20. The van der Waals surface area contributed by atoms with Crippen molar-refractivity contribution in [2.45, 2.75) is 33.2 Å². The molecule has 0 radical (unpaired) electrons. The van der Waals surface area contributed by atoms with Gasteiger partial charge in [0.25, 0.3) is 0 Å². The minimum atomic E-state index is -0.545. The van der Waals surface area contributed by atoms with Crippen molar-refractivity contribution < 1.29 is 9.53 Å². The van der Waals surface area contributed by atoms with Crippen LogP contribution in [0.4, 0.5) is 0 Å². The van der Waals surface area contributed by atoms with Gasteiger partial charge in [0.15, 0.2) is 0 Å². The number of para-hydroxylation sites is 1. The Hall–Kier alpha value is -1.22. The van der Waals surface area contributed by atoms with Crippen LogP contribution in [0, 0.1) is 5.41 Å². The number of amides is 1. The van der Waals surface area contributed by atoms with Crippen LogP contribution in [0.25, 0.3) is 0 Å². The van der Waals surface area contributed by atoms with Crippen molar-refractivity contribution >= 4 is 17.5 Å². The zero-order chi connectivity index (χ0) is 14.5. The Morgan fingerprint density at radius 1 is 1.42 bits per heavy atom. The maximum atomic E-state index is 12.0. The summed E-state index contributed by atoms with van der Waals surface area (Å²) in [5, 5.41) is 2.99. The fourth-order valence-electron chi connectivity index (χ4n) is 1.73. The number of hydrogen-bond acceptors (Lipinski definition) is 2. The summed E-state index contributed by atoms with van der Waals surface area (Å²) in [7, 11) is 1.65. The van der Waals surface area contributed by atoms with Crippen LogP contribution in [0.2, 0.25) is 0 Å². The Balaban J connectivity index is 2.65. The van der Waals surface area contributed by atoms with Crippen LogP contribution in [0.1, 0.15) is 26.3 Å². The summed E-state index contributed by atoms with van der Waals surface area (Å²) < 4.78 is 5.31. The van der Waals surface area contributed by atoms with E-state index in [1.54, 1.807) is 7.11 Å². The molecule has 0 aliphatic carbocycles. The standard InChI is InChI=1S/C15H22ClNO2/c1-11(17-14(18)15(2,3)10-16)9-12-7-5-6-8-13(12)19-4/h5-8,11H,9-10H2,1-4H3,(H,17,18). The van der Waals surface area contributed by atoms with Crippen LogP contribution < -0.4 is 10.1 Å². The second kappa shape index (κ2) is 6.80. The molecule has 0 aromatic heterocycles. The van der Waals surface area contributed by atoms with E-state index in [1.807, 2.05) is 45.0 Å². The molecular formula is C15H22ClNO2. The highest BCUT2D eigenvalue weighted by Gasteiger charge is 2.27. The summed E-state index contributed by atoms with van der Waals surface area (Å²) in [6.45, 7) is 5.66. The first-order valence-electron chi connectivity index (χ1n) is 6.39. The van der Waals surface area contributed by atoms with Gasteiger partial charge in [-0.25, -0.2) is 0 Å². The van der Waals surface area contributed by atoms with Crippen molar-refractivity contribution in [3.05, 3.63) is 29.8 Å². The average Bonchev–Trinajstić information content (AvgIpc) is 2.39. The molecule has 1 N–H and O–H groups in total. The Kier molecular flexibility index (Phi) is 5.67. The van der Waals surface area contributed by atoms with Crippen LogP contribution in [0.15, 0.2) is 24.3 Å². The number of nitrogens with one attached hydrogen (secondary N) is 1. The third-order valence-corrected chi connectivity index (χ3v) is 3.71. The fraction of sp³-hybridized carbons (Fsp3) is 0.533. The summed E-state index contributed by atoms with van der Waals surface area (Å²) in [4.78, 5) is 12.0. The van der Waals surface area contributed by atoms with Crippen LogP contribution in [-0.2, 0) is 11.2 Å². The van der Waals surface area contributed by atoms with E-state index >= 15 is 0 Å². The molecule has 1 atom stereocenters. The minimum absolute atomic E-state index is 0.0232. The summed E-state index contributed by atoms with van der Waals surface area (Å²) in [5.41, 5.74) is 0.540. The predicted molar refractivity (Wildman–Crippen MR) is 78.8 cm³/mol. The zero-order valence-corrected chi connectivity index (χ0v) is 12.8. The van der Waals surface area contributed by atoms with Crippen molar-refractivity contribution in [2.75, 3.05) is 13.0 Å². The smallest absolute Gasteiger partial charge is 0.227 e. The van der Waals surface area contributed by atoms with Crippen LogP contribution >= 0.6 is 11.6 Å². The number of hydrogen-bond donors (Lipinski definition) is 1. The Bertz CT molecular complexity index is 432. The molecule has 0 heterocycles. The van der Waals surface area contributed by atoms with Crippen molar-refractivity contribution in [3.63, 3.8) is 0 Å². The highest BCUT2D eigenvalue weighted by molar-refractivity contribution is 6.19. The molecular weight excluding hydrogens is 262 g/mol. The summed E-state index contributed by atoms with van der Waals surface area (Å²) in [6, 6.07) is 7.86. The topological polar surface area (TPSA) is 38.3 Å². The molecule has 4 heteroatoms. The van der Waals surface area contributed by atoms with Gasteiger partial charge in [0.2, 0.25) is 5.91 Å². The first-order chi connectivity index (χ1) is 8.90. The van der Waals surface area contributed by atoms with Crippen LogP contribution in [0.3, 0.4) is 0 Å². The van der Waals surface area contributed by atoms with Gasteiger partial charge in [-0.2, -0.15) is 0 Å². The van der Waals surface area contributed by atoms with Gasteiger partial charge >= 0.3 is 0 Å². The first kappa shape index (κ1) is 15.8. The van der Waals surface area contributed by atoms with E-state index in [2.05, 4.69) is 5.32 Å². The molecule has 0 bridgehead atoms. The molecule has 0 spiro atoms. The van der Waals surface area contributed by atoms with Gasteiger partial charge in [0.1, 0.15) is 5.75 Å². The molecule has 1 aromatic rings. The second-order valence-electron chi connectivity index (χ2n) is 5.41. The first-order valence-corrected chi connectivity index (χ1v) is 6.93. The number of carbonyl (C=O) groups is 1. The maximum Gasteiger partial charge on any atom is 0.227 e. The molecule has 0 aliphatic heterocycles. The molecule has 1 rings (SSSR count). The lowest BCUT2D eigenvalue weighted by Crippen LogP contribution is -2.43. The Labute approximate surface area is 120 Å². The van der Waals surface area contributed by atoms with Gasteiger partial charge in [-0.3, -0.25) is 4.79 Å². The van der Waals surface area contributed by atoms with Crippen molar-refractivity contribution in [1.29, 1.82) is 0 Å². The lowest BCUT2D eigenvalue weighted by molar-refractivity contribution is -0.128. The predicted octanol–water partition coefficient (Wildman–Crippen LogP) is 3.01. The van der Waals surface area contributed by atoms with E-state index < -0.39 is 5.41 Å². The molecule has 1 amide bonds. The van der Waals surface area contributed by atoms with Crippen LogP contribution in [0.5, 0.6) is 5.75 Å². The molecule has 1 aromatic carbocycles. The van der Waals surface area contributed by atoms with Crippen LogP contribution in [-0.4, -0.2) is 24.9 Å². The second-order valence-corrected chi connectivity index (χ2v) is 5.68. The SMILES string of the molecule is COc1ccccc1CC(C)NC(=O)C(C)(C)CCl. The molecule has 0 aliphatic rings. The highest BCUT2D eigenvalue weighted by atomic mass is 35.5. The molecule has 0 fully saturated rings. The Morgan fingerprint density at radius 3 is 2.63 bits per heavy atom. The molecule has 3 nitrogen and oxygen atoms in total. The normalized spacial score (nSPS) is 12.9. The number of carbonyl (C=O) groups excluding carboxylic acids is 1. The number of rotatable bonds is 6. The monoisotopic (exact) mass is 283 g/mol. The third kappa shape index (κ3) is 4.43. The van der Waals surface area contributed by atoms with Gasteiger partial charge in [0.05, 0.1) is 12.5 Å². The van der Waals surface area contributed by atoms with E-state index in [0.29, 0.717) is 5.88 Å². The number of ether oxygens (including phenoxy) is 1. The fourth-order valence-corrected chi connectivity index (χ4v) is 1.85. The largest absolute Gasteiger partial charge is 0.496 e. The summed E-state index contributed by atoms with van der Waals surface area (Å²) >= 11 is 5.80. The third-order valence-electron chi connectivity index (χ3n) is 3.04. The lowest BCUT2D eigenvalue weighted by Gasteiger charge is -2.24.